The molecule has 0 saturated carbocycles. The molecule has 0 fully saturated rings. The zero-order valence-corrected chi connectivity index (χ0v) is 13.0. The summed E-state index contributed by atoms with van der Waals surface area (Å²) in [5.41, 5.74) is 1.58. The third-order valence-electron chi connectivity index (χ3n) is 2.80. The van der Waals surface area contributed by atoms with E-state index in [0.717, 1.165) is 5.56 Å². The van der Waals surface area contributed by atoms with Gasteiger partial charge in [-0.05, 0) is 23.3 Å². The van der Waals surface area contributed by atoms with Crippen LogP contribution >= 0.6 is 10.7 Å². The molecule has 0 spiro atoms. The molecule has 2 rings (SSSR count). The molecule has 0 aliphatic carbocycles. The Hall–Kier alpha value is -1.72. The molecule has 2 aromatic carbocycles. The molecule has 0 amide bonds. The SMILES string of the molecule is COc1cc(CS(=O)(=O)Cl)ccc1OCc1ccccc1. The van der Waals surface area contributed by atoms with Gasteiger partial charge in [-0.15, -0.1) is 0 Å². The van der Waals surface area contributed by atoms with Crippen LogP contribution < -0.4 is 9.47 Å². The summed E-state index contributed by atoms with van der Waals surface area (Å²) >= 11 is 0. The van der Waals surface area contributed by atoms with Crippen molar-refractivity contribution in [1.82, 2.24) is 0 Å². The lowest BCUT2D eigenvalue weighted by atomic mass is 10.2. The summed E-state index contributed by atoms with van der Waals surface area (Å²) in [7, 11) is 3.15. The van der Waals surface area contributed by atoms with Gasteiger partial charge in [0.1, 0.15) is 6.61 Å². The molecule has 6 heteroatoms. The van der Waals surface area contributed by atoms with E-state index in [-0.39, 0.29) is 5.75 Å². The van der Waals surface area contributed by atoms with Gasteiger partial charge in [-0.25, -0.2) is 8.42 Å². The second-order valence-corrected chi connectivity index (χ2v) is 7.22. The van der Waals surface area contributed by atoms with Gasteiger partial charge in [-0.1, -0.05) is 36.4 Å². The van der Waals surface area contributed by atoms with Gasteiger partial charge in [0.25, 0.3) is 0 Å². The maximum atomic E-state index is 11.1. The topological polar surface area (TPSA) is 52.6 Å². The van der Waals surface area contributed by atoms with Crippen LogP contribution in [0.15, 0.2) is 48.5 Å². The summed E-state index contributed by atoms with van der Waals surface area (Å²) in [6.07, 6.45) is 0. The first-order valence-electron chi connectivity index (χ1n) is 6.24. The Labute approximate surface area is 128 Å². The molecular weight excluding hydrogens is 312 g/mol. The Kier molecular flexibility index (Phi) is 5.09. The van der Waals surface area contributed by atoms with Crippen LogP contribution in [-0.4, -0.2) is 15.5 Å². The molecule has 0 heterocycles. The van der Waals surface area contributed by atoms with Crippen molar-refractivity contribution in [3.63, 3.8) is 0 Å². The van der Waals surface area contributed by atoms with Gasteiger partial charge < -0.3 is 9.47 Å². The van der Waals surface area contributed by atoms with Crippen molar-refractivity contribution in [2.24, 2.45) is 0 Å². The summed E-state index contributed by atoms with van der Waals surface area (Å²) in [6, 6.07) is 14.7. The lowest BCUT2D eigenvalue weighted by Crippen LogP contribution is -2.00. The van der Waals surface area contributed by atoms with E-state index in [2.05, 4.69) is 0 Å². The highest BCUT2D eigenvalue weighted by Gasteiger charge is 2.11. The molecule has 0 unspecified atom stereocenters. The standard InChI is InChI=1S/C15H15ClO4S/c1-19-15-9-13(11-21(16,17)18)7-8-14(15)20-10-12-5-3-2-4-6-12/h2-9H,10-11H2,1H3. The second kappa shape index (κ2) is 6.83. The number of rotatable bonds is 6. The molecule has 0 saturated heterocycles. The molecule has 112 valence electrons. The fraction of sp³-hybridized carbons (Fsp3) is 0.200. The lowest BCUT2D eigenvalue weighted by Gasteiger charge is -2.12. The smallest absolute Gasteiger partial charge is 0.236 e. The average Bonchev–Trinajstić information content (AvgIpc) is 2.45. The van der Waals surface area contributed by atoms with Crippen LogP contribution in [0.25, 0.3) is 0 Å². The van der Waals surface area contributed by atoms with Crippen LogP contribution in [0, 0.1) is 0 Å². The first-order chi connectivity index (χ1) is 9.98. The van der Waals surface area contributed by atoms with Gasteiger partial charge >= 0.3 is 0 Å². The van der Waals surface area contributed by atoms with E-state index in [9.17, 15) is 8.42 Å². The zero-order chi connectivity index (χ0) is 15.3. The van der Waals surface area contributed by atoms with Crippen LogP contribution in [0.1, 0.15) is 11.1 Å². The Balaban J connectivity index is 2.13. The third kappa shape index (κ3) is 4.95. The van der Waals surface area contributed by atoms with Crippen molar-refractivity contribution in [1.29, 1.82) is 0 Å². The highest BCUT2D eigenvalue weighted by atomic mass is 35.7. The molecule has 4 nitrogen and oxygen atoms in total. The van der Waals surface area contributed by atoms with Gasteiger partial charge in [0, 0.05) is 10.7 Å². The first kappa shape index (κ1) is 15.7. The Morgan fingerprint density at radius 2 is 1.71 bits per heavy atom. The van der Waals surface area contributed by atoms with Crippen LogP contribution in [0.3, 0.4) is 0 Å². The van der Waals surface area contributed by atoms with E-state index in [0.29, 0.717) is 23.7 Å². The third-order valence-corrected chi connectivity index (χ3v) is 3.81. The van der Waals surface area contributed by atoms with Crippen LogP contribution in [0.5, 0.6) is 11.5 Å². The quantitative estimate of drug-likeness (QED) is 0.764. The molecule has 21 heavy (non-hydrogen) atoms. The average molecular weight is 327 g/mol. The van der Waals surface area contributed by atoms with Crippen molar-refractivity contribution >= 4 is 19.7 Å². The fourth-order valence-corrected chi connectivity index (χ4v) is 2.81. The molecule has 0 aromatic heterocycles. The van der Waals surface area contributed by atoms with Crippen molar-refractivity contribution in [3.8, 4) is 11.5 Å². The number of hydrogen-bond acceptors (Lipinski definition) is 4. The van der Waals surface area contributed by atoms with E-state index >= 15 is 0 Å². The van der Waals surface area contributed by atoms with E-state index in [1.54, 1.807) is 18.2 Å². The van der Waals surface area contributed by atoms with Crippen molar-refractivity contribution in [2.75, 3.05) is 7.11 Å². The first-order valence-corrected chi connectivity index (χ1v) is 8.72. The minimum atomic E-state index is -3.59. The Bertz CT molecular complexity index is 699. The molecule has 0 bridgehead atoms. The van der Waals surface area contributed by atoms with Gasteiger partial charge in [0.15, 0.2) is 11.5 Å². The molecule has 0 aliphatic heterocycles. The Morgan fingerprint density at radius 3 is 2.33 bits per heavy atom. The largest absolute Gasteiger partial charge is 0.493 e. The van der Waals surface area contributed by atoms with Crippen LogP contribution in [0.4, 0.5) is 0 Å². The van der Waals surface area contributed by atoms with Crippen molar-refractivity contribution in [2.45, 2.75) is 12.4 Å². The van der Waals surface area contributed by atoms with E-state index in [1.165, 1.54) is 7.11 Å². The zero-order valence-electron chi connectivity index (χ0n) is 11.5. The number of benzene rings is 2. The predicted molar refractivity (Wildman–Crippen MR) is 82.2 cm³/mol. The molecule has 0 N–H and O–H groups in total. The minimum absolute atomic E-state index is 0.246. The molecule has 0 aliphatic rings. The number of ether oxygens (including phenoxy) is 2. The van der Waals surface area contributed by atoms with E-state index < -0.39 is 9.05 Å². The van der Waals surface area contributed by atoms with Crippen LogP contribution in [-0.2, 0) is 21.4 Å². The summed E-state index contributed by atoms with van der Waals surface area (Å²) in [6.45, 7) is 0.407. The van der Waals surface area contributed by atoms with Crippen molar-refractivity contribution < 1.29 is 17.9 Å². The van der Waals surface area contributed by atoms with E-state index in [4.69, 9.17) is 20.2 Å². The monoisotopic (exact) mass is 326 g/mol. The fourth-order valence-electron chi connectivity index (χ4n) is 1.86. The second-order valence-electron chi connectivity index (χ2n) is 4.44. The Morgan fingerprint density at radius 1 is 1.00 bits per heavy atom. The summed E-state index contributed by atoms with van der Waals surface area (Å²) in [4.78, 5) is 0. The number of methoxy groups -OCH3 is 1. The van der Waals surface area contributed by atoms with Crippen molar-refractivity contribution in [3.05, 3.63) is 59.7 Å². The molecular formula is C15H15ClO4S. The molecule has 0 radical (unpaired) electrons. The summed E-state index contributed by atoms with van der Waals surface area (Å²) < 4.78 is 33.1. The van der Waals surface area contributed by atoms with Crippen LogP contribution in [0.2, 0.25) is 0 Å². The maximum absolute atomic E-state index is 11.1. The molecule has 0 atom stereocenters. The summed E-state index contributed by atoms with van der Waals surface area (Å²) in [5, 5.41) is 0. The highest BCUT2D eigenvalue weighted by Crippen LogP contribution is 2.29. The van der Waals surface area contributed by atoms with E-state index in [1.807, 2.05) is 30.3 Å². The number of halogens is 1. The predicted octanol–water partition coefficient (Wildman–Crippen LogP) is 3.34. The van der Waals surface area contributed by atoms with Gasteiger partial charge in [-0.3, -0.25) is 0 Å². The van der Waals surface area contributed by atoms with Gasteiger partial charge in [0.05, 0.1) is 12.9 Å². The number of hydrogen-bond donors (Lipinski definition) is 0. The maximum Gasteiger partial charge on any atom is 0.236 e. The van der Waals surface area contributed by atoms with Gasteiger partial charge in [-0.2, -0.15) is 0 Å². The highest BCUT2D eigenvalue weighted by molar-refractivity contribution is 8.13. The normalized spacial score (nSPS) is 11.1. The minimum Gasteiger partial charge on any atom is -0.493 e. The van der Waals surface area contributed by atoms with Gasteiger partial charge in [0.2, 0.25) is 9.05 Å². The molecule has 2 aromatic rings. The lowest BCUT2D eigenvalue weighted by molar-refractivity contribution is 0.284. The summed E-state index contributed by atoms with van der Waals surface area (Å²) in [5.74, 6) is 0.782.